The first-order valence-electron chi connectivity index (χ1n) is 7.27. The van der Waals surface area contributed by atoms with Gasteiger partial charge in [0.2, 0.25) is 0 Å². The molecule has 0 aliphatic heterocycles. The molecule has 2 aromatic rings. The monoisotopic (exact) mass is 285 g/mol. The van der Waals surface area contributed by atoms with Crippen LogP contribution in [-0.2, 0) is 6.54 Å². The van der Waals surface area contributed by atoms with Crippen LogP contribution < -0.4 is 11.1 Å². The Balaban J connectivity index is 2.00. The number of guanidine groups is 1. The van der Waals surface area contributed by atoms with Crippen molar-refractivity contribution >= 4 is 5.96 Å². The number of rotatable bonds is 6. The van der Waals surface area contributed by atoms with Crippen molar-refractivity contribution in [1.29, 1.82) is 0 Å². The molecule has 0 unspecified atom stereocenters. The van der Waals surface area contributed by atoms with Gasteiger partial charge >= 0.3 is 0 Å². The van der Waals surface area contributed by atoms with E-state index in [-0.39, 0.29) is 0 Å². The van der Waals surface area contributed by atoms with Gasteiger partial charge < -0.3 is 15.6 Å². The van der Waals surface area contributed by atoms with Crippen molar-refractivity contribution in [2.45, 2.75) is 26.8 Å². The fraction of sp³-hybridized carbons (Fsp3) is 0.375. The molecule has 3 N–H and O–H groups in total. The van der Waals surface area contributed by atoms with Crippen molar-refractivity contribution in [3.63, 3.8) is 0 Å². The Morgan fingerprint density at radius 3 is 2.90 bits per heavy atom. The lowest BCUT2D eigenvalue weighted by molar-refractivity contribution is 0.576. The highest BCUT2D eigenvalue weighted by Gasteiger charge is 2.03. The van der Waals surface area contributed by atoms with Crippen molar-refractivity contribution in [2.24, 2.45) is 16.6 Å². The average molecular weight is 285 g/mol. The van der Waals surface area contributed by atoms with Gasteiger partial charge in [-0.3, -0.25) is 0 Å². The van der Waals surface area contributed by atoms with Gasteiger partial charge in [0.15, 0.2) is 5.96 Å². The molecule has 0 saturated heterocycles. The van der Waals surface area contributed by atoms with E-state index >= 15 is 0 Å². The van der Waals surface area contributed by atoms with Crippen molar-refractivity contribution < 1.29 is 0 Å². The highest BCUT2D eigenvalue weighted by Crippen LogP contribution is 2.14. The van der Waals surface area contributed by atoms with Crippen molar-refractivity contribution in [3.8, 4) is 5.69 Å². The summed E-state index contributed by atoms with van der Waals surface area (Å²) in [6, 6.07) is 8.12. The van der Waals surface area contributed by atoms with Gasteiger partial charge in [-0.2, -0.15) is 0 Å². The summed E-state index contributed by atoms with van der Waals surface area (Å²) in [6.07, 6.45) is 6.56. The van der Waals surface area contributed by atoms with Crippen LogP contribution in [0, 0.1) is 5.92 Å². The summed E-state index contributed by atoms with van der Waals surface area (Å²) in [5, 5.41) is 3.15. The molecular formula is C16H23N5. The second kappa shape index (κ2) is 7.47. The summed E-state index contributed by atoms with van der Waals surface area (Å²) < 4.78 is 1.98. The number of aliphatic imine (C=N–C) groups is 1. The second-order valence-electron chi connectivity index (χ2n) is 5.41. The number of nitrogens with one attached hydrogen (secondary N) is 1. The zero-order chi connectivity index (χ0) is 15.1. The second-order valence-corrected chi connectivity index (χ2v) is 5.41. The lowest BCUT2D eigenvalue weighted by Crippen LogP contribution is -2.32. The van der Waals surface area contributed by atoms with Gasteiger partial charge in [0, 0.05) is 18.9 Å². The predicted octanol–water partition coefficient (Wildman–Crippen LogP) is 2.32. The van der Waals surface area contributed by atoms with Gasteiger partial charge in [-0.15, -0.1) is 0 Å². The van der Waals surface area contributed by atoms with E-state index < -0.39 is 0 Å². The van der Waals surface area contributed by atoms with E-state index in [0.29, 0.717) is 18.4 Å². The lowest BCUT2D eigenvalue weighted by atomic mass is 10.1. The maximum absolute atomic E-state index is 5.90. The molecule has 0 fully saturated rings. The van der Waals surface area contributed by atoms with Gasteiger partial charge in [-0.1, -0.05) is 32.0 Å². The molecule has 0 aliphatic rings. The van der Waals surface area contributed by atoms with Crippen LogP contribution in [0.3, 0.4) is 0 Å². The smallest absolute Gasteiger partial charge is 0.188 e. The topological polar surface area (TPSA) is 68.2 Å². The minimum absolute atomic E-state index is 0.496. The third-order valence-corrected chi connectivity index (χ3v) is 3.22. The number of hydrogen-bond donors (Lipinski definition) is 2. The first-order valence-corrected chi connectivity index (χ1v) is 7.27. The van der Waals surface area contributed by atoms with E-state index in [2.05, 4.69) is 41.3 Å². The molecular weight excluding hydrogens is 262 g/mol. The van der Waals surface area contributed by atoms with E-state index in [1.54, 1.807) is 12.5 Å². The molecule has 0 radical (unpaired) electrons. The van der Waals surface area contributed by atoms with Gasteiger partial charge in [-0.25, -0.2) is 9.98 Å². The Labute approximate surface area is 125 Å². The summed E-state index contributed by atoms with van der Waals surface area (Å²) >= 11 is 0. The Bertz CT molecular complexity index is 572. The quantitative estimate of drug-likeness (QED) is 0.632. The molecule has 1 aromatic carbocycles. The SMILES string of the molecule is CC(C)CCNC(N)=NCc1ccccc1-n1ccnc1. The molecule has 0 aliphatic carbocycles. The molecule has 21 heavy (non-hydrogen) atoms. The van der Waals surface area contributed by atoms with Crippen molar-refractivity contribution in [1.82, 2.24) is 14.9 Å². The minimum atomic E-state index is 0.496. The van der Waals surface area contributed by atoms with Crippen molar-refractivity contribution in [3.05, 3.63) is 48.5 Å². The minimum Gasteiger partial charge on any atom is -0.370 e. The van der Waals surface area contributed by atoms with Gasteiger partial charge in [-0.05, 0) is 24.0 Å². The molecule has 0 atom stereocenters. The van der Waals surface area contributed by atoms with Crippen LogP contribution in [0.25, 0.3) is 5.69 Å². The lowest BCUT2D eigenvalue weighted by Gasteiger charge is -2.10. The van der Waals surface area contributed by atoms with E-state index in [1.165, 1.54) is 0 Å². The summed E-state index contributed by atoms with van der Waals surface area (Å²) in [5.41, 5.74) is 8.09. The van der Waals surface area contributed by atoms with Gasteiger partial charge in [0.25, 0.3) is 0 Å². The maximum Gasteiger partial charge on any atom is 0.188 e. The molecule has 1 heterocycles. The zero-order valence-corrected chi connectivity index (χ0v) is 12.7. The summed E-state index contributed by atoms with van der Waals surface area (Å²) in [4.78, 5) is 8.49. The molecule has 1 aromatic heterocycles. The van der Waals surface area contributed by atoms with E-state index in [9.17, 15) is 0 Å². The number of benzene rings is 1. The summed E-state index contributed by atoms with van der Waals surface area (Å²) in [7, 11) is 0. The van der Waals surface area contributed by atoms with Crippen LogP contribution in [0.4, 0.5) is 0 Å². The molecule has 0 bridgehead atoms. The predicted molar refractivity (Wildman–Crippen MR) is 86.3 cm³/mol. The average Bonchev–Trinajstić information content (AvgIpc) is 2.99. The zero-order valence-electron chi connectivity index (χ0n) is 12.7. The fourth-order valence-corrected chi connectivity index (χ4v) is 2.01. The number of nitrogens with two attached hydrogens (primary N) is 1. The third kappa shape index (κ3) is 4.63. The molecule has 0 amide bonds. The largest absolute Gasteiger partial charge is 0.370 e. The molecule has 5 heteroatoms. The third-order valence-electron chi connectivity index (χ3n) is 3.22. The standard InChI is InChI=1S/C16H23N5/c1-13(2)7-8-19-16(17)20-11-14-5-3-4-6-15(14)21-10-9-18-12-21/h3-6,9-10,12-13H,7-8,11H2,1-2H3,(H3,17,19,20). The first kappa shape index (κ1) is 15.1. The summed E-state index contributed by atoms with van der Waals surface area (Å²) in [5.74, 6) is 1.16. The van der Waals surface area contributed by atoms with E-state index in [1.807, 2.05) is 22.9 Å². The van der Waals surface area contributed by atoms with Crippen LogP contribution in [0.5, 0.6) is 0 Å². The van der Waals surface area contributed by atoms with Crippen LogP contribution in [-0.4, -0.2) is 22.1 Å². The molecule has 0 saturated carbocycles. The van der Waals surface area contributed by atoms with E-state index in [0.717, 1.165) is 24.2 Å². The number of hydrogen-bond acceptors (Lipinski definition) is 2. The fourth-order valence-electron chi connectivity index (χ4n) is 2.01. The van der Waals surface area contributed by atoms with Crippen molar-refractivity contribution in [2.75, 3.05) is 6.54 Å². The Hall–Kier alpha value is -2.30. The molecule has 5 nitrogen and oxygen atoms in total. The number of nitrogens with zero attached hydrogens (tertiary/aromatic N) is 3. The highest BCUT2D eigenvalue weighted by atomic mass is 15.1. The molecule has 112 valence electrons. The van der Waals surface area contributed by atoms with Crippen LogP contribution in [0.2, 0.25) is 0 Å². The van der Waals surface area contributed by atoms with E-state index in [4.69, 9.17) is 5.73 Å². The number of aromatic nitrogens is 2. The number of para-hydroxylation sites is 1. The van der Waals surface area contributed by atoms with Crippen LogP contribution in [0.15, 0.2) is 48.0 Å². The summed E-state index contributed by atoms with van der Waals surface area (Å²) in [6.45, 7) is 5.79. The van der Waals surface area contributed by atoms with Gasteiger partial charge in [0.05, 0.1) is 18.6 Å². The number of imidazole rings is 1. The molecule has 0 spiro atoms. The van der Waals surface area contributed by atoms with Crippen LogP contribution >= 0.6 is 0 Å². The Morgan fingerprint density at radius 1 is 1.38 bits per heavy atom. The van der Waals surface area contributed by atoms with Gasteiger partial charge in [0.1, 0.15) is 0 Å². The Kier molecular flexibility index (Phi) is 5.37. The normalized spacial score (nSPS) is 11.9. The Morgan fingerprint density at radius 2 is 2.19 bits per heavy atom. The highest BCUT2D eigenvalue weighted by molar-refractivity contribution is 5.77. The van der Waals surface area contributed by atoms with Crippen LogP contribution in [0.1, 0.15) is 25.8 Å². The maximum atomic E-state index is 5.90. The first-order chi connectivity index (χ1) is 10.2. The molecule has 2 rings (SSSR count).